The third-order valence-corrected chi connectivity index (χ3v) is 5.33. The van der Waals surface area contributed by atoms with Crippen molar-refractivity contribution in [1.82, 2.24) is 5.32 Å². The fourth-order valence-electron chi connectivity index (χ4n) is 3.00. The summed E-state index contributed by atoms with van der Waals surface area (Å²) in [6, 6.07) is 7.79. The van der Waals surface area contributed by atoms with Crippen LogP contribution < -0.4 is 11.1 Å². The number of nitrogen functional groups attached to an aromatic ring is 1. The maximum Gasteiger partial charge on any atom is 0.263 e. The zero-order valence-corrected chi connectivity index (χ0v) is 12.7. The Labute approximate surface area is 128 Å². The van der Waals surface area contributed by atoms with Crippen LogP contribution in [-0.4, -0.2) is 23.7 Å². The molecule has 0 spiro atoms. The quantitative estimate of drug-likeness (QED) is 0.816. The van der Waals surface area contributed by atoms with E-state index >= 15 is 0 Å². The fraction of sp³-hybridized carbons (Fsp3) is 0.438. The van der Waals surface area contributed by atoms with Crippen LogP contribution in [0, 0.1) is 5.92 Å². The number of aliphatic hydroxyl groups excluding tert-OH is 1. The molecule has 1 amide bonds. The number of rotatable bonds is 3. The summed E-state index contributed by atoms with van der Waals surface area (Å²) in [5.41, 5.74) is 6.65. The van der Waals surface area contributed by atoms with E-state index in [2.05, 4.69) is 5.32 Å². The fourth-order valence-corrected chi connectivity index (χ4v) is 4.04. The standard InChI is InChI=1S/C16H20N2O2S/c17-14-12-6-1-2-7-13(12)21-15(14)16(20)18-9-10-4-3-5-11(19)8-10/h1-2,6-7,10-11,19H,3-5,8-9,17H2,(H,18,20). The lowest BCUT2D eigenvalue weighted by Gasteiger charge is -2.25. The van der Waals surface area contributed by atoms with Gasteiger partial charge in [-0.3, -0.25) is 4.79 Å². The second-order valence-electron chi connectivity index (χ2n) is 5.74. The van der Waals surface area contributed by atoms with Crippen LogP contribution in [0.3, 0.4) is 0 Å². The third-order valence-electron chi connectivity index (χ3n) is 4.15. The van der Waals surface area contributed by atoms with Crippen molar-refractivity contribution >= 4 is 33.0 Å². The van der Waals surface area contributed by atoms with Gasteiger partial charge in [-0.15, -0.1) is 11.3 Å². The number of nitrogens with one attached hydrogen (secondary N) is 1. The maximum atomic E-state index is 12.3. The number of hydrogen-bond acceptors (Lipinski definition) is 4. The molecule has 1 heterocycles. The summed E-state index contributed by atoms with van der Waals surface area (Å²) in [6.07, 6.45) is 3.55. The van der Waals surface area contributed by atoms with E-state index in [-0.39, 0.29) is 12.0 Å². The van der Waals surface area contributed by atoms with Gasteiger partial charge in [0.25, 0.3) is 5.91 Å². The van der Waals surface area contributed by atoms with Gasteiger partial charge in [0.05, 0.1) is 11.8 Å². The molecular weight excluding hydrogens is 284 g/mol. The van der Waals surface area contributed by atoms with Crippen LogP contribution in [0.25, 0.3) is 10.1 Å². The summed E-state index contributed by atoms with van der Waals surface area (Å²) in [5.74, 6) is 0.266. The number of thiophene rings is 1. The number of benzene rings is 1. The first-order chi connectivity index (χ1) is 10.1. The maximum absolute atomic E-state index is 12.3. The normalized spacial score (nSPS) is 22.3. The van der Waals surface area contributed by atoms with Gasteiger partial charge in [0, 0.05) is 16.6 Å². The van der Waals surface area contributed by atoms with Crippen molar-refractivity contribution in [3.8, 4) is 0 Å². The van der Waals surface area contributed by atoms with Crippen LogP contribution in [0.4, 0.5) is 5.69 Å². The monoisotopic (exact) mass is 304 g/mol. The average molecular weight is 304 g/mol. The zero-order chi connectivity index (χ0) is 14.8. The minimum Gasteiger partial charge on any atom is -0.397 e. The van der Waals surface area contributed by atoms with E-state index in [4.69, 9.17) is 5.73 Å². The highest BCUT2D eigenvalue weighted by Gasteiger charge is 2.22. The molecule has 4 nitrogen and oxygen atoms in total. The SMILES string of the molecule is Nc1c(C(=O)NCC2CCCC(O)C2)sc2ccccc12. The molecule has 1 fully saturated rings. The van der Waals surface area contributed by atoms with Gasteiger partial charge in [-0.25, -0.2) is 0 Å². The van der Waals surface area contributed by atoms with E-state index in [1.807, 2.05) is 24.3 Å². The zero-order valence-electron chi connectivity index (χ0n) is 11.8. The van der Waals surface area contributed by atoms with Crippen molar-refractivity contribution < 1.29 is 9.90 Å². The van der Waals surface area contributed by atoms with Crippen molar-refractivity contribution in [3.05, 3.63) is 29.1 Å². The molecule has 1 aromatic carbocycles. The van der Waals surface area contributed by atoms with Gasteiger partial charge in [0.15, 0.2) is 0 Å². The minimum atomic E-state index is -0.213. The molecule has 5 heteroatoms. The van der Waals surface area contributed by atoms with Crippen LogP contribution >= 0.6 is 11.3 Å². The summed E-state index contributed by atoms with van der Waals surface area (Å²) in [7, 11) is 0. The smallest absolute Gasteiger partial charge is 0.263 e. The van der Waals surface area contributed by atoms with E-state index in [1.165, 1.54) is 11.3 Å². The molecule has 1 saturated carbocycles. The predicted molar refractivity (Wildman–Crippen MR) is 86.5 cm³/mol. The highest BCUT2D eigenvalue weighted by molar-refractivity contribution is 7.21. The Bertz CT molecular complexity index is 653. The Morgan fingerprint density at radius 2 is 2.19 bits per heavy atom. The Balaban J connectivity index is 1.68. The predicted octanol–water partition coefficient (Wildman–Crippen LogP) is 2.76. The number of nitrogens with two attached hydrogens (primary N) is 1. The number of hydrogen-bond donors (Lipinski definition) is 3. The molecule has 1 aliphatic carbocycles. The minimum absolute atomic E-state index is 0.103. The second kappa shape index (κ2) is 6.03. The summed E-state index contributed by atoms with van der Waals surface area (Å²) >= 11 is 1.43. The molecule has 3 rings (SSSR count). The lowest BCUT2D eigenvalue weighted by molar-refractivity contribution is 0.0877. The van der Waals surface area contributed by atoms with E-state index in [0.717, 1.165) is 35.8 Å². The van der Waals surface area contributed by atoms with Crippen LogP contribution in [0.5, 0.6) is 0 Å². The summed E-state index contributed by atoms with van der Waals surface area (Å²) in [5, 5.41) is 13.6. The highest BCUT2D eigenvalue weighted by atomic mass is 32.1. The Hall–Kier alpha value is -1.59. The third kappa shape index (κ3) is 3.04. The lowest BCUT2D eigenvalue weighted by Crippen LogP contribution is -2.32. The van der Waals surface area contributed by atoms with E-state index in [0.29, 0.717) is 23.0 Å². The number of anilines is 1. The Kier molecular flexibility index (Phi) is 4.12. The largest absolute Gasteiger partial charge is 0.397 e. The Morgan fingerprint density at radius 3 is 2.95 bits per heavy atom. The molecule has 2 unspecified atom stereocenters. The number of aliphatic hydroxyl groups is 1. The van der Waals surface area contributed by atoms with Crippen LogP contribution in [-0.2, 0) is 0 Å². The van der Waals surface area contributed by atoms with E-state index < -0.39 is 0 Å². The van der Waals surface area contributed by atoms with E-state index in [1.54, 1.807) is 0 Å². The molecule has 0 aliphatic heterocycles. The number of carbonyl (C=O) groups excluding carboxylic acids is 1. The summed E-state index contributed by atoms with van der Waals surface area (Å²) in [4.78, 5) is 12.9. The van der Waals surface area contributed by atoms with Gasteiger partial charge < -0.3 is 16.2 Å². The highest BCUT2D eigenvalue weighted by Crippen LogP contribution is 2.33. The first-order valence-electron chi connectivity index (χ1n) is 7.38. The number of fused-ring (bicyclic) bond motifs is 1. The van der Waals surface area contributed by atoms with Gasteiger partial charge in [0.1, 0.15) is 4.88 Å². The molecule has 0 saturated heterocycles. The lowest BCUT2D eigenvalue weighted by atomic mass is 9.87. The van der Waals surface area contributed by atoms with E-state index in [9.17, 15) is 9.90 Å². The van der Waals surface area contributed by atoms with Crippen LogP contribution in [0.2, 0.25) is 0 Å². The van der Waals surface area contributed by atoms with Crippen molar-refractivity contribution in [2.24, 2.45) is 5.92 Å². The number of amides is 1. The van der Waals surface area contributed by atoms with Gasteiger partial charge in [-0.2, -0.15) is 0 Å². The van der Waals surface area contributed by atoms with Crippen LogP contribution in [0.15, 0.2) is 24.3 Å². The Morgan fingerprint density at radius 1 is 1.38 bits per heavy atom. The summed E-state index contributed by atoms with van der Waals surface area (Å²) in [6.45, 7) is 0.615. The number of carbonyl (C=O) groups is 1. The molecule has 1 aliphatic rings. The molecule has 21 heavy (non-hydrogen) atoms. The van der Waals surface area contributed by atoms with Gasteiger partial charge >= 0.3 is 0 Å². The topological polar surface area (TPSA) is 75.4 Å². The average Bonchev–Trinajstić information content (AvgIpc) is 2.83. The second-order valence-corrected chi connectivity index (χ2v) is 6.79. The molecule has 0 radical (unpaired) electrons. The first kappa shape index (κ1) is 14.4. The van der Waals surface area contributed by atoms with Gasteiger partial charge in [-0.1, -0.05) is 24.6 Å². The summed E-state index contributed by atoms with van der Waals surface area (Å²) < 4.78 is 1.04. The molecule has 2 atom stereocenters. The van der Waals surface area contributed by atoms with Gasteiger partial charge in [-0.05, 0) is 31.2 Å². The van der Waals surface area contributed by atoms with Crippen molar-refractivity contribution in [3.63, 3.8) is 0 Å². The van der Waals surface area contributed by atoms with Crippen LogP contribution in [0.1, 0.15) is 35.4 Å². The van der Waals surface area contributed by atoms with Crippen molar-refractivity contribution in [2.75, 3.05) is 12.3 Å². The molecule has 4 N–H and O–H groups in total. The molecule has 1 aromatic heterocycles. The molecule has 2 aromatic rings. The molecular formula is C16H20N2O2S. The van der Waals surface area contributed by atoms with Crippen molar-refractivity contribution in [1.29, 1.82) is 0 Å². The molecule has 112 valence electrons. The first-order valence-corrected chi connectivity index (χ1v) is 8.20. The van der Waals surface area contributed by atoms with Gasteiger partial charge in [0.2, 0.25) is 0 Å². The van der Waals surface area contributed by atoms with Crippen molar-refractivity contribution in [2.45, 2.75) is 31.8 Å². The molecule has 0 bridgehead atoms.